The standard InChI is InChI=1S/C20H21ClN2O5S/c1-2-28-20(25)16-7-3-4-8-18(16)22-19(24)15-10-9-14(13-17(15)21)23-11-5-6-12-29(23,26)27/h3-4,7-10,13H,2,5-6,11-12H2,1H3,(H,22,24). The highest BCUT2D eigenvalue weighted by Gasteiger charge is 2.27. The van der Waals surface area contributed by atoms with E-state index in [0.717, 1.165) is 6.42 Å². The zero-order valence-corrected chi connectivity index (χ0v) is 17.4. The molecule has 1 aliphatic rings. The Hall–Kier alpha value is -2.58. The Kier molecular flexibility index (Phi) is 6.44. The number of anilines is 2. The van der Waals surface area contributed by atoms with E-state index >= 15 is 0 Å². The third-order valence-electron chi connectivity index (χ3n) is 4.51. The molecule has 9 heteroatoms. The van der Waals surface area contributed by atoms with Gasteiger partial charge in [0.2, 0.25) is 10.0 Å². The van der Waals surface area contributed by atoms with Gasteiger partial charge in [-0.05, 0) is 50.1 Å². The molecule has 1 amide bonds. The third kappa shape index (κ3) is 4.71. The van der Waals surface area contributed by atoms with Gasteiger partial charge in [-0.15, -0.1) is 0 Å². The zero-order valence-electron chi connectivity index (χ0n) is 15.9. The van der Waals surface area contributed by atoms with Crippen LogP contribution in [0.2, 0.25) is 5.02 Å². The number of rotatable bonds is 5. The molecule has 1 fully saturated rings. The average Bonchev–Trinajstić information content (AvgIpc) is 2.68. The third-order valence-corrected chi connectivity index (χ3v) is 6.69. The van der Waals surface area contributed by atoms with Gasteiger partial charge >= 0.3 is 5.97 Å². The lowest BCUT2D eigenvalue weighted by Gasteiger charge is -2.28. The number of carbonyl (C=O) groups is 2. The summed E-state index contributed by atoms with van der Waals surface area (Å²) in [6.07, 6.45) is 1.40. The number of halogens is 1. The van der Waals surface area contributed by atoms with Crippen LogP contribution in [0.5, 0.6) is 0 Å². The van der Waals surface area contributed by atoms with Crippen molar-refractivity contribution in [2.75, 3.05) is 28.5 Å². The molecule has 0 saturated carbocycles. The van der Waals surface area contributed by atoms with Crippen molar-refractivity contribution in [2.45, 2.75) is 19.8 Å². The Morgan fingerprint density at radius 2 is 1.90 bits per heavy atom. The summed E-state index contributed by atoms with van der Waals surface area (Å²) in [7, 11) is -3.37. The van der Waals surface area contributed by atoms with Crippen molar-refractivity contribution in [2.24, 2.45) is 0 Å². The van der Waals surface area contributed by atoms with E-state index in [1.54, 1.807) is 37.3 Å². The molecule has 1 N–H and O–H groups in total. The maximum absolute atomic E-state index is 12.7. The molecular formula is C20H21ClN2O5S. The molecule has 7 nitrogen and oxygen atoms in total. The van der Waals surface area contributed by atoms with Crippen molar-refractivity contribution in [3.8, 4) is 0 Å². The largest absolute Gasteiger partial charge is 0.462 e. The summed E-state index contributed by atoms with van der Waals surface area (Å²) in [5.74, 6) is -0.961. The molecular weight excluding hydrogens is 416 g/mol. The minimum Gasteiger partial charge on any atom is -0.462 e. The minimum atomic E-state index is -3.37. The van der Waals surface area contributed by atoms with Crippen LogP contribution in [0.1, 0.15) is 40.5 Å². The van der Waals surface area contributed by atoms with Crippen LogP contribution in [0.4, 0.5) is 11.4 Å². The van der Waals surface area contributed by atoms with Crippen molar-refractivity contribution in [3.63, 3.8) is 0 Å². The normalized spacial score (nSPS) is 15.6. The molecule has 0 unspecified atom stereocenters. The molecule has 0 atom stereocenters. The van der Waals surface area contributed by atoms with Crippen LogP contribution in [0, 0.1) is 0 Å². The van der Waals surface area contributed by atoms with Gasteiger partial charge in [-0.2, -0.15) is 0 Å². The number of nitrogens with one attached hydrogen (secondary N) is 1. The second kappa shape index (κ2) is 8.84. The lowest BCUT2D eigenvalue weighted by molar-refractivity contribution is 0.0527. The fourth-order valence-corrected chi connectivity index (χ4v) is 4.98. The van der Waals surface area contributed by atoms with Gasteiger partial charge in [0.05, 0.1) is 39.9 Å². The highest BCUT2D eigenvalue weighted by molar-refractivity contribution is 7.92. The Morgan fingerprint density at radius 1 is 1.14 bits per heavy atom. The minimum absolute atomic E-state index is 0.0947. The average molecular weight is 437 g/mol. The molecule has 29 heavy (non-hydrogen) atoms. The lowest BCUT2D eigenvalue weighted by Crippen LogP contribution is -2.37. The number of hydrogen-bond acceptors (Lipinski definition) is 5. The highest BCUT2D eigenvalue weighted by atomic mass is 35.5. The summed E-state index contributed by atoms with van der Waals surface area (Å²) in [6, 6.07) is 11.0. The van der Waals surface area contributed by atoms with Gasteiger partial charge in [0.1, 0.15) is 0 Å². The first-order valence-corrected chi connectivity index (χ1v) is 11.2. The van der Waals surface area contributed by atoms with Gasteiger partial charge in [0, 0.05) is 6.54 Å². The second-order valence-corrected chi connectivity index (χ2v) is 8.90. The van der Waals surface area contributed by atoms with E-state index in [1.807, 2.05) is 0 Å². The van der Waals surface area contributed by atoms with Crippen LogP contribution in [-0.4, -0.2) is 39.2 Å². The van der Waals surface area contributed by atoms with E-state index < -0.39 is 21.9 Å². The molecule has 0 aliphatic carbocycles. The van der Waals surface area contributed by atoms with Crippen LogP contribution >= 0.6 is 11.6 Å². The predicted molar refractivity (Wildman–Crippen MR) is 112 cm³/mol. The van der Waals surface area contributed by atoms with Crippen LogP contribution in [0.25, 0.3) is 0 Å². The van der Waals surface area contributed by atoms with E-state index in [4.69, 9.17) is 16.3 Å². The quantitative estimate of drug-likeness (QED) is 0.721. The van der Waals surface area contributed by atoms with E-state index in [9.17, 15) is 18.0 Å². The number of nitrogens with zero attached hydrogens (tertiary/aromatic N) is 1. The topological polar surface area (TPSA) is 92.8 Å². The van der Waals surface area contributed by atoms with E-state index in [2.05, 4.69) is 5.32 Å². The molecule has 0 spiro atoms. The van der Waals surface area contributed by atoms with Crippen molar-refractivity contribution in [1.82, 2.24) is 0 Å². The first-order valence-electron chi connectivity index (χ1n) is 9.21. The van der Waals surface area contributed by atoms with Gasteiger partial charge in [-0.25, -0.2) is 13.2 Å². The van der Waals surface area contributed by atoms with Gasteiger partial charge in [0.25, 0.3) is 5.91 Å². The molecule has 0 bridgehead atoms. The number of esters is 1. The molecule has 0 aromatic heterocycles. The molecule has 1 aliphatic heterocycles. The lowest BCUT2D eigenvalue weighted by atomic mass is 10.1. The van der Waals surface area contributed by atoms with E-state index in [1.165, 1.54) is 16.4 Å². The number of carbonyl (C=O) groups excluding carboxylic acids is 2. The molecule has 2 aromatic carbocycles. The molecule has 0 radical (unpaired) electrons. The van der Waals surface area contributed by atoms with Gasteiger partial charge < -0.3 is 10.1 Å². The Morgan fingerprint density at radius 3 is 2.59 bits per heavy atom. The van der Waals surface area contributed by atoms with Crippen molar-refractivity contribution < 1.29 is 22.7 Å². The van der Waals surface area contributed by atoms with Gasteiger partial charge in [-0.1, -0.05) is 23.7 Å². The molecule has 3 rings (SSSR count). The fraction of sp³-hybridized carbons (Fsp3) is 0.300. The number of hydrogen-bond donors (Lipinski definition) is 1. The van der Waals surface area contributed by atoms with Crippen molar-refractivity contribution >= 4 is 44.9 Å². The summed E-state index contributed by atoms with van der Waals surface area (Å²) in [5, 5.41) is 2.79. The number of amides is 1. The second-order valence-electron chi connectivity index (χ2n) is 6.48. The number of ether oxygens (including phenoxy) is 1. The summed E-state index contributed by atoms with van der Waals surface area (Å²) < 4.78 is 30.9. The predicted octanol–water partition coefficient (Wildman–Crippen LogP) is 3.70. The molecule has 2 aromatic rings. The molecule has 1 saturated heterocycles. The smallest absolute Gasteiger partial charge is 0.340 e. The fourth-order valence-electron chi connectivity index (χ4n) is 3.09. The van der Waals surface area contributed by atoms with Crippen LogP contribution in [-0.2, 0) is 14.8 Å². The van der Waals surface area contributed by atoms with Crippen molar-refractivity contribution in [1.29, 1.82) is 0 Å². The SMILES string of the molecule is CCOC(=O)c1ccccc1NC(=O)c1ccc(N2CCCCS2(=O)=O)cc1Cl. The number of benzene rings is 2. The maximum atomic E-state index is 12.7. The monoisotopic (exact) mass is 436 g/mol. The van der Waals surface area contributed by atoms with Crippen LogP contribution in [0.15, 0.2) is 42.5 Å². The van der Waals surface area contributed by atoms with E-state index in [-0.39, 0.29) is 28.5 Å². The van der Waals surface area contributed by atoms with Crippen molar-refractivity contribution in [3.05, 3.63) is 58.6 Å². The summed E-state index contributed by atoms with van der Waals surface area (Å²) >= 11 is 6.28. The number of para-hydroxylation sites is 1. The van der Waals surface area contributed by atoms with Crippen LogP contribution < -0.4 is 9.62 Å². The first-order chi connectivity index (χ1) is 13.8. The Balaban J connectivity index is 1.84. The Bertz CT molecular complexity index is 1040. The van der Waals surface area contributed by atoms with Crippen LogP contribution in [0.3, 0.4) is 0 Å². The summed E-state index contributed by atoms with van der Waals surface area (Å²) in [5.41, 5.74) is 1.13. The zero-order chi connectivity index (χ0) is 21.0. The summed E-state index contributed by atoms with van der Waals surface area (Å²) in [6.45, 7) is 2.30. The van der Waals surface area contributed by atoms with E-state index in [0.29, 0.717) is 24.3 Å². The molecule has 1 heterocycles. The van der Waals surface area contributed by atoms with Gasteiger partial charge in [0.15, 0.2) is 0 Å². The van der Waals surface area contributed by atoms with Gasteiger partial charge in [-0.3, -0.25) is 9.10 Å². The first kappa shape index (κ1) is 21.1. The highest BCUT2D eigenvalue weighted by Crippen LogP contribution is 2.29. The molecule has 154 valence electrons. The maximum Gasteiger partial charge on any atom is 0.340 e. The number of sulfonamides is 1. The summed E-state index contributed by atoms with van der Waals surface area (Å²) in [4.78, 5) is 24.8. The Labute approximate surface area is 174 Å².